The van der Waals surface area contributed by atoms with Gasteiger partial charge in [-0.25, -0.2) is 9.07 Å². The molecule has 0 unspecified atom stereocenters. The molecule has 2 aliphatic heterocycles. The van der Waals surface area contributed by atoms with Crippen LogP contribution in [0.1, 0.15) is 61.2 Å². The summed E-state index contributed by atoms with van der Waals surface area (Å²) in [6, 6.07) is 14.4. The summed E-state index contributed by atoms with van der Waals surface area (Å²) in [7, 11) is 0. The minimum atomic E-state index is -0.383. The van der Waals surface area contributed by atoms with Crippen LogP contribution in [-0.2, 0) is 19.7 Å². The van der Waals surface area contributed by atoms with Crippen LogP contribution in [0.25, 0.3) is 5.69 Å². The lowest BCUT2D eigenvalue weighted by molar-refractivity contribution is -0.123. The molecule has 0 aliphatic carbocycles. The molecule has 206 valence electrons. The summed E-state index contributed by atoms with van der Waals surface area (Å²) in [5.41, 5.74) is 3.85. The fraction of sp³-hybridized carbons (Fsp3) is 0.433. The Bertz CT molecular complexity index is 1380. The van der Waals surface area contributed by atoms with Crippen molar-refractivity contribution in [1.29, 1.82) is 0 Å². The van der Waals surface area contributed by atoms with Crippen molar-refractivity contribution >= 4 is 29.4 Å². The number of amides is 2. The number of hydrogen-bond acceptors (Lipinski definition) is 5. The first kappa shape index (κ1) is 27.4. The molecule has 1 saturated heterocycles. The highest BCUT2D eigenvalue weighted by Crippen LogP contribution is 2.48. The van der Waals surface area contributed by atoms with Crippen LogP contribution in [-0.4, -0.2) is 53.1 Å². The van der Waals surface area contributed by atoms with Gasteiger partial charge in [0.25, 0.3) is 0 Å². The van der Waals surface area contributed by atoms with Gasteiger partial charge in [-0.1, -0.05) is 45.0 Å². The zero-order valence-corrected chi connectivity index (χ0v) is 23.7. The average Bonchev–Trinajstić information content (AvgIpc) is 3.52. The highest BCUT2D eigenvalue weighted by Gasteiger charge is 2.40. The van der Waals surface area contributed by atoms with Crippen molar-refractivity contribution in [2.75, 3.05) is 30.3 Å². The van der Waals surface area contributed by atoms with Gasteiger partial charge in [-0.2, -0.15) is 5.10 Å². The van der Waals surface area contributed by atoms with E-state index in [0.29, 0.717) is 19.0 Å². The Morgan fingerprint density at radius 3 is 2.69 bits per heavy atom. The number of fused-ring (bicyclic) bond motifs is 1. The molecule has 0 saturated carbocycles. The van der Waals surface area contributed by atoms with Crippen LogP contribution >= 0.6 is 11.8 Å². The monoisotopic (exact) mass is 550 g/mol. The van der Waals surface area contributed by atoms with Crippen molar-refractivity contribution in [3.63, 3.8) is 0 Å². The molecule has 39 heavy (non-hydrogen) atoms. The number of carbonyl (C=O) groups is 2. The Morgan fingerprint density at radius 1 is 1.21 bits per heavy atom. The lowest BCUT2D eigenvalue weighted by Gasteiger charge is -2.25. The van der Waals surface area contributed by atoms with Crippen LogP contribution in [0.4, 0.5) is 10.2 Å². The van der Waals surface area contributed by atoms with E-state index < -0.39 is 0 Å². The molecule has 1 aromatic heterocycles. The molecule has 9 heteroatoms. The summed E-state index contributed by atoms with van der Waals surface area (Å²) in [4.78, 5) is 28.5. The molecule has 3 heterocycles. The summed E-state index contributed by atoms with van der Waals surface area (Å²) in [6.07, 6.45) is 1.90. The number of nitrogens with zero attached hydrogens (tertiary/aromatic N) is 3. The lowest BCUT2D eigenvalue weighted by atomic mass is 9.87. The molecule has 0 bridgehead atoms. The number of thioether (sulfide) groups is 1. The molecular formula is C30H35FN4O3S. The zero-order valence-electron chi connectivity index (χ0n) is 22.9. The number of hydrogen-bond donors (Lipinski definition) is 1. The molecule has 2 atom stereocenters. The van der Waals surface area contributed by atoms with Crippen molar-refractivity contribution in [3.05, 3.63) is 76.7 Å². The molecule has 7 nitrogen and oxygen atoms in total. The van der Waals surface area contributed by atoms with Crippen LogP contribution in [0, 0.1) is 12.7 Å². The smallest absolute Gasteiger partial charge is 0.240 e. The number of nitrogens with one attached hydrogen (secondary N) is 1. The van der Waals surface area contributed by atoms with Crippen LogP contribution in [0.15, 0.2) is 48.5 Å². The van der Waals surface area contributed by atoms with E-state index in [9.17, 15) is 14.0 Å². The molecule has 2 aromatic carbocycles. The van der Waals surface area contributed by atoms with Gasteiger partial charge in [-0.15, -0.1) is 11.8 Å². The highest BCUT2D eigenvalue weighted by molar-refractivity contribution is 8.00. The third-order valence-corrected chi connectivity index (χ3v) is 8.30. The SMILES string of the molecule is Cc1cccc(-n2nc(C(C)(C)C)c3c2N(CC(=O)NC[C@H]2CCCO2)C(=O)CS[C@H]3c2cccc(F)c2)c1. The van der Waals surface area contributed by atoms with Gasteiger partial charge in [0.15, 0.2) is 0 Å². The van der Waals surface area contributed by atoms with Gasteiger partial charge in [0.05, 0.1) is 28.5 Å². The number of ether oxygens (including phenoxy) is 1. The number of carbonyl (C=O) groups excluding carboxylic acids is 2. The molecule has 5 rings (SSSR count). The Kier molecular flexibility index (Phi) is 7.82. The largest absolute Gasteiger partial charge is 0.376 e. The standard InChI is InChI=1S/C30H35FN4O3S/c1-19-8-5-11-22(14-19)35-29-26(28(33-35)30(2,3)4)27(20-9-6-10-21(31)15-20)39-18-25(37)34(29)17-24(36)32-16-23-12-7-13-38-23/h5-6,8-11,14-15,23,27H,7,12-13,16-18H2,1-4H3,(H,32,36)/t23-,27+/m1/s1. The summed E-state index contributed by atoms with van der Waals surface area (Å²) >= 11 is 1.44. The Hall–Kier alpha value is -3.17. The second-order valence-electron chi connectivity index (χ2n) is 11.3. The van der Waals surface area contributed by atoms with Crippen LogP contribution in [0.3, 0.4) is 0 Å². The fourth-order valence-electron chi connectivity index (χ4n) is 5.18. The molecule has 2 amide bonds. The van der Waals surface area contributed by atoms with Crippen molar-refractivity contribution < 1.29 is 18.7 Å². The highest BCUT2D eigenvalue weighted by atomic mass is 32.2. The predicted molar refractivity (Wildman–Crippen MR) is 152 cm³/mol. The van der Waals surface area contributed by atoms with Crippen molar-refractivity contribution in [1.82, 2.24) is 15.1 Å². The molecule has 0 radical (unpaired) electrons. The van der Waals surface area contributed by atoms with Gasteiger partial charge in [0.1, 0.15) is 18.2 Å². The van der Waals surface area contributed by atoms with Gasteiger partial charge < -0.3 is 10.1 Å². The maximum Gasteiger partial charge on any atom is 0.240 e. The Morgan fingerprint density at radius 2 is 2.00 bits per heavy atom. The van der Waals surface area contributed by atoms with E-state index in [1.807, 2.05) is 37.3 Å². The maximum absolute atomic E-state index is 14.4. The number of aromatic nitrogens is 2. The van der Waals surface area contributed by atoms with E-state index in [1.165, 1.54) is 23.9 Å². The third kappa shape index (κ3) is 5.89. The van der Waals surface area contributed by atoms with Crippen molar-refractivity contribution in [2.45, 2.75) is 57.3 Å². The topological polar surface area (TPSA) is 76.5 Å². The van der Waals surface area contributed by atoms with E-state index in [-0.39, 0.29) is 46.7 Å². The Balaban J connectivity index is 1.65. The van der Waals surface area contributed by atoms with E-state index >= 15 is 0 Å². The molecular weight excluding hydrogens is 515 g/mol. The number of halogens is 1. The van der Waals surface area contributed by atoms with Gasteiger partial charge >= 0.3 is 0 Å². The molecule has 3 aromatic rings. The summed E-state index contributed by atoms with van der Waals surface area (Å²) in [5.74, 6) is -0.0808. The average molecular weight is 551 g/mol. The Labute approximate surface area is 233 Å². The van der Waals surface area contributed by atoms with Crippen LogP contribution in [0.5, 0.6) is 0 Å². The minimum absolute atomic E-state index is 0.00238. The normalized spacial score (nSPS) is 19.6. The van der Waals surface area contributed by atoms with Gasteiger partial charge in [0, 0.05) is 24.1 Å². The first-order valence-electron chi connectivity index (χ1n) is 13.4. The predicted octanol–water partition coefficient (Wildman–Crippen LogP) is 5.08. The zero-order chi connectivity index (χ0) is 27.7. The number of benzene rings is 2. The van der Waals surface area contributed by atoms with E-state index in [2.05, 4.69) is 26.1 Å². The quantitative estimate of drug-likeness (QED) is 0.463. The molecule has 2 aliphatic rings. The summed E-state index contributed by atoms with van der Waals surface area (Å²) in [5, 5.41) is 7.69. The number of aryl methyl sites for hydroxylation is 1. The number of rotatable bonds is 6. The van der Waals surface area contributed by atoms with Crippen LogP contribution in [0.2, 0.25) is 0 Å². The van der Waals surface area contributed by atoms with Gasteiger partial charge in [0.2, 0.25) is 11.8 Å². The van der Waals surface area contributed by atoms with Crippen molar-refractivity contribution in [3.8, 4) is 5.69 Å². The summed E-state index contributed by atoms with van der Waals surface area (Å²) in [6.45, 7) is 9.22. The molecule has 0 spiro atoms. The van der Waals surface area contributed by atoms with E-state index in [4.69, 9.17) is 9.84 Å². The van der Waals surface area contributed by atoms with Crippen LogP contribution < -0.4 is 10.2 Å². The maximum atomic E-state index is 14.4. The second kappa shape index (κ2) is 11.1. The van der Waals surface area contributed by atoms with E-state index in [1.54, 1.807) is 15.6 Å². The second-order valence-corrected chi connectivity index (χ2v) is 12.3. The van der Waals surface area contributed by atoms with E-state index in [0.717, 1.165) is 40.9 Å². The minimum Gasteiger partial charge on any atom is -0.376 e. The molecule has 1 fully saturated rings. The summed E-state index contributed by atoms with van der Waals surface area (Å²) < 4.78 is 21.8. The molecule has 1 N–H and O–H groups in total. The fourth-order valence-corrected chi connectivity index (χ4v) is 6.37. The first-order chi connectivity index (χ1) is 18.6. The lowest BCUT2D eigenvalue weighted by Crippen LogP contribution is -2.44. The number of anilines is 1. The first-order valence-corrected chi connectivity index (χ1v) is 14.4. The van der Waals surface area contributed by atoms with Crippen molar-refractivity contribution in [2.24, 2.45) is 0 Å². The van der Waals surface area contributed by atoms with Gasteiger partial charge in [-0.05, 0) is 55.2 Å². The van der Waals surface area contributed by atoms with Gasteiger partial charge in [-0.3, -0.25) is 14.5 Å². The third-order valence-electron chi connectivity index (χ3n) is 7.05.